The molecule has 5 rings (SSSR count). The molecule has 2 fully saturated rings. The summed E-state index contributed by atoms with van der Waals surface area (Å²) in [6, 6.07) is 8.83. The maximum atomic E-state index is 12.8. The van der Waals surface area contributed by atoms with Crippen LogP contribution in [0.1, 0.15) is 31.0 Å². The minimum Gasteiger partial charge on any atom is -0.394 e. The molecule has 3 heterocycles. The highest BCUT2D eigenvalue weighted by Gasteiger charge is 2.50. The predicted octanol–water partition coefficient (Wildman–Crippen LogP) is 4.56. The van der Waals surface area contributed by atoms with E-state index in [1.54, 1.807) is 6.07 Å². The van der Waals surface area contributed by atoms with Gasteiger partial charge >= 0.3 is 12.2 Å². The van der Waals surface area contributed by atoms with E-state index in [0.29, 0.717) is 37.7 Å². The first kappa shape index (κ1) is 26.3. The van der Waals surface area contributed by atoms with Crippen LogP contribution in [0.2, 0.25) is 0 Å². The zero-order chi connectivity index (χ0) is 27.1. The SMILES string of the molecule is Cc1ccc(NC(=O)N2CC[C@@H](CC(F)(F)F)C2)cc1-c1cc(N[C@H](C)CO)nc([C@@]23C#C[C@@H]2COC3)c1. The Kier molecular flexibility index (Phi) is 7.01. The first-order chi connectivity index (χ1) is 18.1. The summed E-state index contributed by atoms with van der Waals surface area (Å²) in [6.45, 7) is 5.18. The minimum atomic E-state index is -4.23. The van der Waals surface area contributed by atoms with Crippen LogP contribution in [0.5, 0.6) is 0 Å². The standard InChI is InChI=1S/C28H31F3N4O3/c1-17-3-4-22(33-26(37)35-8-6-19(13-35)12-28(29,30)31)11-23(17)20-9-24(27-7-5-21(27)15-38-16-27)34-25(10-20)32-18(2)14-36/h3-4,9-11,18-19,21,36H,6,8,12-16H2,1-2H3,(H,32,34)(H,33,37)/t18-,19+,21-,27-/m1/s1. The van der Waals surface area contributed by atoms with E-state index in [0.717, 1.165) is 22.4 Å². The van der Waals surface area contributed by atoms with E-state index in [4.69, 9.17) is 9.72 Å². The number of nitrogens with zero attached hydrogens (tertiary/aromatic N) is 2. The third-order valence-corrected chi connectivity index (χ3v) is 7.52. The molecule has 1 aromatic heterocycles. The number of nitrogens with one attached hydrogen (secondary N) is 2. The van der Waals surface area contributed by atoms with Gasteiger partial charge in [-0.2, -0.15) is 13.2 Å². The van der Waals surface area contributed by atoms with Gasteiger partial charge in [0.1, 0.15) is 11.2 Å². The number of aliphatic hydroxyl groups excluding tert-OH is 1. The highest BCUT2D eigenvalue weighted by Crippen LogP contribution is 2.43. The van der Waals surface area contributed by atoms with Crippen LogP contribution in [0.15, 0.2) is 30.3 Å². The Morgan fingerprint density at radius 3 is 2.84 bits per heavy atom. The highest BCUT2D eigenvalue weighted by molar-refractivity contribution is 5.90. The monoisotopic (exact) mass is 528 g/mol. The smallest absolute Gasteiger partial charge is 0.389 e. The van der Waals surface area contributed by atoms with Gasteiger partial charge in [0, 0.05) is 31.2 Å². The van der Waals surface area contributed by atoms with Crippen LogP contribution >= 0.6 is 0 Å². The predicted molar refractivity (Wildman–Crippen MR) is 138 cm³/mol. The molecule has 0 bridgehead atoms. The number of alkyl halides is 3. The van der Waals surface area contributed by atoms with Crippen molar-refractivity contribution in [2.45, 2.75) is 44.3 Å². The number of ether oxygens (including phenoxy) is 1. The van der Waals surface area contributed by atoms with Crippen molar-refractivity contribution < 1.29 is 27.8 Å². The normalized spacial score (nSPS) is 24.7. The van der Waals surface area contributed by atoms with Crippen LogP contribution in [-0.2, 0) is 10.2 Å². The summed E-state index contributed by atoms with van der Waals surface area (Å²) in [7, 11) is 0. The van der Waals surface area contributed by atoms with Gasteiger partial charge in [0.15, 0.2) is 0 Å². The molecule has 1 aliphatic carbocycles. The van der Waals surface area contributed by atoms with Crippen LogP contribution in [0.4, 0.5) is 29.5 Å². The Bertz CT molecular complexity index is 1290. The van der Waals surface area contributed by atoms with Gasteiger partial charge in [-0.25, -0.2) is 9.78 Å². The van der Waals surface area contributed by atoms with Gasteiger partial charge in [-0.1, -0.05) is 17.9 Å². The Morgan fingerprint density at radius 2 is 2.16 bits per heavy atom. The summed E-state index contributed by atoms with van der Waals surface area (Å²) in [5.74, 6) is 6.55. The number of hydrogen-bond acceptors (Lipinski definition) is 5. The van der Waals surface area contributed by atoms with Crippen molar-refractivity contribution >= 4 is 17.5 Å². The first-order valence-electron chi connectivity index (χ1n) is 12.8. The lowest BCUT2D eigenvalue weighted by atomic mass is 9.69. The topological polar surface area (TPSA) is 86.7 Å². The molecular weight excluding hydrogens is 497 g/mol. The van der Waals surface area contributed by atoms with E-state index in [1.165, 1.54) is 4.90 Å². The van der Waals surface area contributed by atoms with Crippen molar-refractivity contribution in [1.29, 1.82) is 0 Å². The fourth-order valence-corrected chi connectivity index (χ4v) is 5.33. The molecular formula is C28H31F3N4O3. The van der Waals surface area contributed by atoms with Crippen LogP contribution in [-0.4, -0.2) is 66.1 Å². The van der Waals surface area contributed by atoms with Crippen molar-refractivity contribution in [3.63, 3.8) is 0 Å². The number of urea groups is 1. The number of aliphatic hydroxyl groups is 1. The van der Waals surface area contributed by atoms with Crippen molar-refractivity contribution in [2.24, 2.45) is 11.8 Å². The molecule has 10 heteroatoms. The van der Waals surface area contributed by atoms with Crippen LogP contribution in [0.3, 0.4) is 0 Å². The molecule has 0 spiro atoms. The second kappa shape index (κ2) is 10.1. The average Bonchev–Trinajstić information content (AvgIpc) is 3.42. The molecule has 0 radical (unpaired) electrons. The summed E-state index contributed by atoms with van der Waals surface area (Å²) in [5, 5.41) is 15.7. The van der Waals surface area contributed by atoms with Crippen molar-refractivity contribution in [3.05, 3.63) is 41.6 Å². The summed E-state index contributed by atoms with van der Waals surface area (Å²) in [4.78, 5) is 19.1. The zero-order valence-corrected chi connectivity index (χ0v) is 21.4. The number of anilines is 2. The molecule has 38 heavy (non-hydrogen) atoms. The summed E-state index contributed by atoms with van der Waals surface area (Å²) < 4.78 is 44.0. The fraction of sp³-hybridized carbons (Fsp3) is 0.500. The van der Waals surface area contributed by atoms with Crippen molar-refractivity contribution in [1.82, 2.24) is 9.88 Å². The largest absolute Gasteiger partial charge is 0.394 e. The van der Waals surface area contributed by atoms with Crippen LogP contribution in [0.25, 0.3) is 11.1 Å². The van der Waals surface area contributed by atoms with Crippen molar-refractivity contribution in [3.8, 4) is 23.0 Å². The maximum absolute atomic E-state index is 12.8. The first-order valence-corrected chi connectivity index (χ1v) is 12.8. The Hall–Kier alpha value is -3.29. The van der Waals surface area contributed by atoms with E-state index in [2.05, 4.69) is 22.5 Å². The van der Waals surface area contributed by atoms with E-state index < -0.39 is 30.0 Å². The lowest BCUT2D eigenvalue weighted by Gasteiger charge is -2.31. The second-order valence-corrected chi connectivity index (χ2v) is 10.5. The van der Waals surface area contributed by atoms with Crippen LogP contribution < -0.4 is 10.6 Å². The number of rotatable bonds is 7. The fourth-order valence-electron chi connectivity index (χ4n) is 5.33. The maximum Gasteiger partial charge on any atom is 0.389 e. The number of aryl methyl sites for hydroxylation is 1. The number of carbonyl (C=O) groups is 1. The van der Waals surface area contributed by atoms with E-state index >= 15 is 0 Å². The van der Waals surface area contributed by atoms with E-state index in [9.17, 15) is 23.1 Å². The molecule has 4 atom stereocenters. The number of likely N-dealkylation sites (tertiary alicyclic amines) is 1. The average molecular weight is 529 g/mol. The molecule has 0 unspecified atom stereocenters. The summed E-state index contributed by atoms with van der Waals surface area (Å²) >= 11 is 0. The number of hydrogen-bond donors (Lipinski definition) is 3. The Morgan fingerprint density at radius 1 is 1.34 bits per heavy atom. The number of halogens is 3. The minimum absolute atomic E-state index is 0.0567. The molecule has 2 saturated heterocycles. The number of aromatic nitrogens is 1. The summed E-state index contributed by atoms with van der Waals surface area (Å²) in [5.41, 5.74) is 3.61. The van der Waals surface area contributed by atoms with Gasteiger partial charge in [0.2, 0.25) is 0 Å². The van der Waals surface area contributed by atoms with Gasteiger partial charge < -0.3 is 25.4 Å². The number of fused-ring (bicyclic) bond motifs is 1. The molecule has 1 aromatic carbocycles. The molecule has 2 aromatic rings. The third kappa shape index (κ3) is 5.31. The second-order valence-electron chi connectivity index (χ2n) is 10.5. The van der Waals surface area contributed by atoms with Crippen molar-refractivity contribution in [2.75, 3.05) is 43.5 Å². The molecule has 7 nitrogen and oxygen atoms in total. The summed E-state index contributed by atoms with van der Waals surface area (Å²) in [6.07, 6.45) is -4.77. The highest BCUT2D eigenvalue weighted by atomic mass is 19.4. The Labute approximate surface area is 219 Å². The van der Waals surface area contributed by atoms with Crippen LogP contribution in [0, 0.1) is 30.6 Å². The molecule has 3 N–H and O–H groups in total. The molecule has 0 saturated carbocycles. The number of benzene rings is 1. The number of carbonyl (C=O) groups excluding carboxylic acids is 1. The lowest BCUT2D eigenvalue weighted by molar-refractivity contribution is -0.143. The quantitative estimate of drug-likeness (QED) is 0.459. The number of pyridine rings is 1. The van der Waals surface area contributed by atoms with Gasteiger partial charge in [0.25, 0.3) is 0 Å². The zero-order valence-electron chi connectivity index (χ0n) is 21.4. The molecule has 202 valence electrons. The molecule has 2 amide bonds. The Balaban J connectivity index is 1.40. The van der Waals surface area contributed by atoms with Gasteiger partial charge in [-0.05, 0) is 67.1 Å². The van der Waals surface area contributed by atoms with Gasteiger partial charge in [-0.15, -0.1) is 0 Å². The van der Waals surface area contributed by atoms with E-state index in [1.807, 2.05) is 38.1 Å². The molecule has 3 aliphatic rings. The molecule has 2 aliphatic heterocycles. The van der Waals surface area contributed by atoms with Gasteiger partial charge in [-0.3, -0.25) is 0 Å². The third-order valence-electron chi connectivity index (χ3n) is 7.52. The van der Waals surface area contributed by atoms with E-state index in [-0.39, 0.29) is 25.1 Å². The number of amides is 2. The lowest BCUT2D eigenvalue weighted by Crippen LogP contribution is -2.39. The van der Waals surface area contributed by atoms with Gasteiger partial charge in [0.05, 0.1) is 31.4 Å².